The quantitative estimate of drug-likeness (QED) is 0.828. The standard InChI is InChI=1S/C12H22N4OS/c1-4-18-10-6-5-9(7-10)14-12-16-15-11(17-12)8(2)13-3/h8-10,13H,4-7H2,1-3H3,(H,14,16). The highest BCUT2D eigenvalue weighted by atomic mass is 32.2. The second kappa shape index (κ2) is 6.43. The number of rotatable bonds is 6. The van der Waals surface area contributed by atoms with Gasteiger partial charge in [-0.25, -0.2) is 0 Å². The van der Waals surface area contributed by atoms with Crippen LogP contribution in [0.4, 0.5) is 6.01 Å². The molecule has 1 aromatic heterocycles. The Hall–Kier alpha value is -0.750. The first-order chi connectivity index (χ1) is 8.72. The highest BCUT2D eigenvalue weighted by Crippen LogP contribution is 2.31. The Labute approximate surface area is 112 Å². The first-order valence-corrected chi connectivity index (χ1v) is 7.66. The Kier molecular flexibility index (Phi) is 4.88. The van der Waals surface area contributed by atoms with Gasteiger partial charge in [-0.3, -0.25) is 0 Å². The fourth-order valence-corrected chi connectivity index (χ4v) is 3.37. The van der Waals surface area contributed by atoms with E-state index in [2.05, 4.69) is 39.5 Å². The van der Waals surface area contributed by atoms with E-state index < -0.39 is 0 Å². The van der Waals surface area contributed by atoms with E-state index in [1.54, 1.807) is 0 Å². The van der Waals surface area contributed by atoms with Crippen molar-refractivity contribution in [1.82, 2.24) is 15.5 Å². The lowest BCUT2D eigenvalue weighted by molar-refractivity contribution is 0.438. The van der Waals surface area contributed by atoms with E-state index in [9.17, 15) is 0 Å². The highest BCUT2D eigenvalue weighted by molar-refractivity contribution is 7.99. The van der Waals surface area contributed by atoms with Gasteiger partial charge in [0, 0.05) is 11.3 Å². The van der Waals surface area contributed by atoms with Gasteiger partial charge in [0.1, 0.15) is 0 Å². The van der Waals surface area contributed by atoms with E-state index in [4.69, 9.17) is 4.42 Å². The zero-order chi connectivity index (χ0) is 13.0. The topological polar surface area (TPSA) is 63.0 Å². The summed E-state index contributed by atoms with van der Waals surface area (Å²) >= 11 is 2.05. The van der Waals surface area contributed by atoms with Crippen molar-refractivity contribution in [1.29, 1.82) is 0 Å². The molecular formula is C12H22N4OS. The molecule has 3 unspecified atom stereocenters. The number of thioether (sulfide) groups is 1. The number of hydrogen-bond donors (Lipinski definition) is 2. The molecule has 0 spiro atoms. The number of anilines is 1. The van der Waals surface area contributed by atoms with E-state index >= 15 is 0 Å². The highest BCUT2D eigenvalue weighted by Gasteiger charge is 2.25. The summed E-state index contributed by atoms with van der Waals surface area (Å²) in [5.74, 6) is 1.83. The Morgan fingerprint density at radius 2 is 2.28 bits per heavy atom. The summed E-state index contributed by atoms with van der Waals surface area (Å²) in [6.45, 7) is 4.22. The van der Waals surface area contributed by atoms with Gasteiger partial charge in [-0.15, -0.1) is 5.10 Å². The monoisotopic (exact) mass is 270 g/mol. The maximum atomic E-state index is 5.59. The van der Waals surface area contributed by atoms with Gasteiger partial charge in [0.25, 0.3) is 0 Å². The van der Waals surface area contributed by atoms with Crippen LogP contribution in [0.25, 0.3) is 0 Å². The third kappa shape index (κ3) is 3.38. The zero-order valence-electron chi connectivity index (χ0n) is 11.3. The molecule has 1 aromatic rings. The third-order valence-corrected chi connectivity index (χ3v) is 4.59. The summed E-state index contributed by atoms with van der Waals surface area (Å²) < 4.78 is 5.59. The van der Waals surface area contributed by atoms with Crippen LogP contribution in [-0.2, 0) is 0 Å². The van der Waals surface area contributed by atoms with Crippen LogP contribution < -0.4 is 10.6 Å². The van der Waals surface area contributed by atoms with Gasteiger partial charge in [-0.05, 0) is 39.0 Å². The predicted molar refractivity (Wildman–Crippen MR) is 75.0 cm³/mol. The summed E-state index contributed by atoms with van der Waals surface area (Å²) in [6.07, 6.45) is 3.67. The second-order valence-electron chi connectivity index (χ2n) is 4.69. The van der Waals surface area contributed by atoms with Crippen LogP contribution in [0.5, 0.6) is 0 Å². The Bertz CT molecular complexity index is 371. The van der Waals surface area contributed by atoms with Gasteiger partial charge >= 0.3 is 6.01 Å². The van der Waals surface area contributed by atoms with Crippen molar-refractivity contribution in [2.75, 3.05) is 18.1 Å². The lowest BCUT2D eigenvalue weighted by Gasteiger charge is -2.10. The molecule has 3 atom stereocenters. The maximum absolute atomic E-state index is 5.59. The number of nitrogens with one attached hydrogen (secondary N) is 2. The molecule has 5 nitrogen and oxygen atoms in total. The van der Waals surface area contributed by atoms with Crippen LogP contribution in [0.1, 0.15) is 45.0 Å². The van der Waals surface area contributed by atoms with Crippen molar-refractivity contribution < 1.29 is 4.42 Å². The second-order valence-corrected chi connectivity index (χ2v) is 6.26. The number of aromatic nitrogens is 2. The molecule has 1 fully saturated rings. The van der Waals surface area contributed by atoms with E-state index in [0.29, 0.717) is 17.9 Å². The van der Waals surface area contributed by atoms with Crippen molar-refractivity contribution >= 4 is 17.8 Å². The molecule has 1 saturated carbocycles. The summed E-state index contributed by atoms with van der Waals surface area (Å²) in [4.78, 5) is 0. The SMILES string of the molecule is CCSC1CCC(Nc2nnc(C(C)NC)o2)C1. The molecule has 2 rings (SSSR count). The zero-order valence-corrected chi connectivity index (χ0v) is 12.1. The summed E-state index contributed by atoms with van der Waals surface area (Å²) in [5, 5.41) is 15.3. The summed E-state index contributed by atoms with van der Waals surface area (Å²) in [7, 11) is 1.88. The minimum Gasteiger partial charge on any atom is -0.406 e. The average molecular weight is 270 g/mol. The molecule has 0 radical (unpaired) electrons. The van der Waals surface area contributed by atoms with Crippen molar-refractivity contribution in [3.63, 3.8) is 0 Å². The van der Waals surface area contributed by atoms with Crippen molar-refractivity contribution in [3.05, 3.63) is 5.89 Å². The van der Waals surface area contributed by atoms with Gasteiger partial charge in [0.2, 0.25) is 5.89 Å². The molecule has 0 aliphatic heterocycles. The number of hydrogen-bond acceptors (Lipinski definition) is 6. The lowest BCUT2D eigenvalue weighted by atomic mass is 10.3. The predicted octanol–water partition coefficient (Wildman–Crippen LogP) is 2.44. The molecule has 18 heavy (non-hydrogen) atoms. The molecule has 0 amide bonds. The minimum absolute atomic E-state index is 0.0972. The Morgan fingerprint density at radius 1 is 1.44 bits per heavy atom. The van der Waals surface area contributed by atoms with Crippen LogP contribution >= 0.6 is 11.8 Å². The van der Waals surface area contributed by atoms with Gasteiger partial charge in [0.05, 0.1) is 6.04 Å². The molecule has 0 bridgehead atoms. The first-order valence-electron chi connectivity index (χ1n) is 6.61. The fraction of sp³-hybridized carbons (Fsp3) is 0.833. The van der Waals surface area contributed by atoms with Crippen LogP contribution in [-0.4, -0.2) is 34.3 Å². The van der Waals surface area contributed by atoms with Gasteiger partial charge < -0.3 is 15.1 Å². The molecule has 1 heterocycles. The van der Waals surface area contributed by atoms with E-state index in [-0.39, 0.29) is 6.04 Å². The normalized spacial score (nSPS) is 25.3. The lowest BCUT2D eigenvalue weighted by Crippen LogP contribution is -2.16. The maximum Gasteiger partial charge on any atom is 0.315 e. The average Bonchev–Trinajstić information content (AvgIpc) is 2.99. The summed E-state index contributed by atoms with van der Waals surface area (Å²) in [6, 6.07) is 1.13. The van der Waals surface area contributed by atoms with Gasteiger partial charge in [-0.1, -0.05) is 12.0 Å². The van der Waals surface area contributed by atoms with Crippen LogP contribution in [0.2, 0.25) is 0 Å². The number of nitrogens with zero attached hydrogens (tertiary/aromatic N) is 2. The first kappa shape index (κ1) is 13.7. The Morgan fingerprint density at radius 3 is 3.00 bits per heavy atom. The molecule has 1 aliphatic carbocycles. The van der Waals surface area contributed by atoms with E-state index in [0.717, 1.165) is 5.25 Å². The van der Waals surface area contributed by atoms with E-state index in [1.807, 2.05) is 14.0 Å². The van der Waals surface area contributed by atoms with Crippen molar-refractivity contribution in [2.45, 2.75) is 50.4 Å². The van der Waals surface area contributed by atoms with Gasteiger partial charge in [0.15, 0.2) is 0 Å². The summed E-state index contributed by atoms with van der Waals surface area (Å²) in [5.41, 5.74) is 0. The fourth-order valence-electron chi connectivity index (χ4n) is 2.22. The van der Waals surface area contributed by atoms with Crippen LogP contribution in [0, 0.1) is 0 Å². The van der Waals surface area contributed by atoms with Crippen LogP contribution in [0.3, 0.4) is 0 Å². The van der Waals surface area contributed by atoms with Crippen LogP contribution in [0.15, 0.2) is 4.42 Å². The smallest absolute Gasteiger partial charge is 0.315 e. The molecular weight excluding hydrogens is 248 g/mol. The molecule has 2 N–H and O–H groups in total. The molecule has 0 saturated heterocycles. The molecule has 6 heteroatoms. The third-order valence-electron chi connectivity index (χ3n) is 3.36. The van der Waals surface area contributed by atoms with Gasteiger partial charge in [-0.2, -0.15) is 11.8 Å². The van der Waals surface area contributed by atoms with E-state index in [1.165, 1.54) is 25.0 Å². The minimum atomic E-state index is 0.0972. The van der Waals surface area contributed by atoms with Crippen molar-refractivity contribution in [2.24, 2.45) is 0 Å². The molecule has 1 aliphatic rings. The van der Waals surface area contributed by atoms with Crippen molar-refractivity contribution in [3.8, 4) is 0 Å². The Balaban J connectivity index is 1.85. The molecule has 0 aromatic carbocycles. The largest absolute Gasteiger partial charge is 0.406 e. The molecule has 102 valence electrons.